The Bertz CT molecular complexity index is 877. The Morgan fingerprint density at radius 2 is 1.43 bits per heavy atom. The molecule has 1 aromatic rings. The topological polar surface area (TPSA) is 236 Å². The van der Waals surface area contributed by atoms with Crippen molar-refractivity contribution >= 4 is 5.97 Å². The third-order valence-corrected chi connectivity index (χ3v) is 6.14. The van der Waals surface area contributed by atoms with E-state index in [9.17, 15) is 50.8 Å². The predicted molar refractivity (Wildman–Crippen MR) is 111 cm³/mol. The van der Waals surface area contributed by atoms with Gasteiger partial charge in [-0.25, -0.2) is 4.79 Å². The van der Waals surface area contributed by atoms with Crippen molar-refractivity contribution < 1.29 is 69.7 Å². The van der Waals surface area contributed by atoms with Crippen LogP contribution in [0, 0.1) is 6.92 Å². The van der Waals surface area contributed by atoms with E-state index in [0.29, 0.717) is 0 Å². The second-order valence-corrected chi connectivity index (χ2v) is 8.47. The summed E-state index contributed by atoms with van der Waals surface area (Å²) >= 11 is 0. The molecule has 2 unspecified atom stereocenters. The first-order chi connectivity index (χ1) is 16.4. The molecule has 1 heterocycles. The van der Waals surface area contributed by atoms with Crippen molar-refractivity contribution in [2.24, 2.45) is 0 Å². The number of rotatable bonds is 6. The number of ether oxygens (including phenoxy) is 4. The number of phenolic OH excluding ortho intramolecular Hbond substituents is 1. The molecule has 1 saturated carbocycles. The molecule has 198 valence electrons. The van der Waals surface area contributed by atoms with Crippen LogP contribution in [0.2, 0.25) is 0 Å². The van der Waals surface area contributed by atoms with E-state index in [1.54, 1.807) is 0 Å². The summed E-state index contributed by atoms with van der Waals surface area (Å²) in [5.41, 5.74) is 0.192. The molecule has 1 aromatic carbocycles. The van der Waals surface area contributed by atoms with E-state index >= 15 is 0 Å². The number of methoxy groups -OCH3 is 1. The number of hydrogen-bond donors (Lipinski definition) is 9. The number of carbonyl (C=O) groups excluding carboxylic acids is 1. The van der Waals surface area contributed by atoms with E-state index in [4.69, 9.17) is 18.9 Å². The summed E-state index contributed by atoms with van der Waals surface area (Å²) in [5.74, 6) is -1.22. The molecule has 0 radical (unpaired) electrons. The smallest absolute Gasteiger partial charge is 0.342 e. The number of hydrogen-bond acceptors (Lipinski definition) is 14. The Kier molecular flexibility index (Phi) is 8.54. The second-order valence-electron chi connectivity index (χ2n) is 8.47. The van der Waals surface area contributed by atoms with Crippen LogP contribution in [0.4, 0.5) is 0 Å². The monoisotopic (exact) mass is 506 g/mol. The molecule has 0 aromatic heterocycles. The highest BCUT2D eigenvalue weighted by Gasteiger charge is 2.53. The number of aliphatic hydroxyl groups is 8. The molecule has 2 aliphatic rings. The Labute approximate surface area is 199 Å². The van der Waals surface area contributed by atoms with Gasteiger partial charge in [-0.1, -0.05) is 0 Å². The van der Waals surface area contributed by atoms with Crippen molar-refractivity contribution in [3.05, 3.63) is 23.3 Å². The average molecular weight is 506 g/mol. The van der Waals surface area contributed by atoms with E-state index < -0.39 is 79.9 Å². The van der Waals surface area contributed by atoms with Gasteiger partial charge in [-0.05, 0) is 18.6 Å². The molecule has 0 spiro atoms. The number of aliphatic hydroxyl groups excluding tert-OH is 8. The molecule has 35 heavy (non-hydrogen) atoms. The van der Waals surface area contributed by atoms with Gasteiger partial charge in [-0.3, -0.25) is 0 Å². The van der Waals surface area contributed by atoms with E-state index in [-0.39, 0.29) is 22.6 Å². The fourth-order valence-electron chi connectivity index (χ4n) is 4.16. The molecule has 14 nitrogen and oxygen atoms in total. The minimum absolute atomic E-state index is 0.0272. The standard InChI is InChI=1S/C21H30O14/c1-6-3-7(23)4-8(32-2)10(6)20(31)34-18-9(5-22)33-21(17(30)16(18)29)35-19-14(27)12(25)11(24)13(26)15(19)28/h3-4,9,11-19,21-30H,5H2,1-2H3/t9-,11?,12-,13+,14+,15+,16-,17-,18-,19?,21-/m1/s1. The van der Waals surface area contributed by atoms with Gasteiger partial charge in [0, 0.05) is 6.07 Å². The summed E-state index contributed by atoms with van der Waals surface area (Å²) in [6.07, 6.45) is -20.0. The van der Waals surface area contributed by atoms with Crippen molar-refractivity contribution in [3.63, 3.8) is 0 Å². The quantitative estimate of drug-likeness (QED) is 0.167. The molecule has 0 amide bonds. The van der Waals surface area contributed by atoms with Crippen LogP contribution in [0.3, 0.4) is 0 Å². The molecular formula is C21H30O14. The van der Waals surface area contributed by atoms with Crippen LogP contribution >= 0.6 is 0 Å². The lowest BCUT2D eigenvalue weighted by Gasteiger charge is -2.46. The van der Waals surface area contributed by atoms with Crippen molar-refractivity contribution in [1.29, 1.82) is 0 Å². The summed E-state index contributed by atoms with van der Waals surface area (Å²) in [7, 11) is 1.26. The summed E-state index contributed by atoms with van der Waals surface area (Å²) < 4.78 is 21.1. The highest BCUT2D eigenvalue weighted by atomic mass is 16.7. The number of benzene rings is 1. The summed E-state index contributed by atoms with van der Waals surface area (Å²) in [6.45, 7) is 0.669. The fourth-order valence-corrected chi connectivity index (χ4v) is 4.16. The molecular weight excluding hydrogens is 476 g/mol. The van der Waals surface area contributed by atoms with E-state index in [2.05, 4.69) is 0 Å². The third kappa shape index (κ3) is 5.22. The minimum Gasteiger partial charge on any atom is -0.508 e. The first-order valence-electron chi connectivity index (χ1n) is 10.7. The highest BCUT2D eigenvalue weighted by molar-refractivity contribution is 5.94. The Balaban J connectivity index is 1.78. The molecule has 1 saturated heterocycles. The van der Waals surface area contributed by atoms with Crippen LogP contribution in [0.25, 0.3) is 0 Å². The number of carbonyl (C=O) groups is 1. The van der Waals surface area contributed by atoms with Crippen molar-refractivity contribution in [1.82, 2.24) is 0 Å². The number of esters is 1. The fraction of sp³-hybridized carbons (Fsp3) is 0.667. The largest absolute Gasteiger partial charge is 0.508 e. The van der Waals surface area contributed by atoms with Gasteiger partial charge in [0.05, 0.1) is 13.7 Å². The lowest BCUT2D eigenvalue weighted by atomic mass is 9.84. The van der Waals surface area contributed by atoms with Crippen LogP contribution < -0.4 is 4.74 Å². The van der Waals surface area contributed by atoms with Gasteiger partial charge in [0.1, 0.15) is 72.0 Å². The molecule has 1 aliphatic carbocycles. The maximum atomic E-state index is 12.8. The zero-order valence-electron chi connectivity index (χ0n) is 18.8. The molecule has 1 aliphatic heterocycles. The van der Waals surface area contributed by atoms with E-state index in [0.717, 1.165) is 0 Å². The number of aromatic hydroxyl groups is 1. The van der Waals surface area contributed by atoms with Crippen LogP contribution in [-0.2, 0) is 14.2 Å². The summed E-state index contributed by atoms with van der Waals surface area (Å²) in [4.78, 5) is 12.8. The van der Waals surface area contributed by atoms with Gasteiger partial charge in [0.2, 0.25) is 0 Å². The lowest BCUT2D eigenvalue weighted by molar-refractivity contribution is -0.338. The van der Waals surface area contributed by atoms with Crippen LogP contribution in [0.1, 0.15) is 15.9 Å². The maximum Gasteiger partial charge on any atom is 0.342 e. The van der Waals surface area contributed by atoms with Crippen LogP contribution in [-0.4, -0.2) is 133 Å². The molecule has 3 rings (SSSR count). The molecule has 0 bridgehead atoms. The molecule has 2 fully saturated rings. The highest BCUT2D eigenvalue weighted by Crippen LogP contribution is 2.32. The SMILES string of the molecule is COc1cc(O)cc(C)c1C(=O)O[C@H]1[C@H](O)[C@@H](O)[C@@H](OC2[C@@H](O)[C@H](O)C(O)[C@H](O)[C@@H]2O)O[C@@H]1CO. The molecule has 14 heteroatoms. The van der Waals surface area contributed by atoms with Gasteiger partial charge in [-0.2, -0.15) is 0 Å². The third-order valence-electron chi connectivity index (χ3n) is 6.14. The van der Waals surface area contributed by atoms with Crippen LogP contribution in [0.15, 0.2) is 12.1 Å². The maximum absolute atomic E-state index is 12.8. The molecule has 9 N–H and O–H groups in total. The van der Waals surface area contributed by atoms with E-state index in [1.165, 1.54) is 26.2 Å². The van der Waals surface area contributed by atoms with Crippen molar-refractivity contribution in [2.75, 3.05) is 13.7 Å². The number of phenols is 1. The normalized spacial score (nSPS) is 39.8. The zero-order valence-corrected chi connectivity index (χ0v) is 18.8. The predicted octanol–water partition coefficient (Wildman–Crippen LogP) is -4.12. The summed E-state index contributed by atoms with van der Waals surface area (Å²) in [6, 6.07) is 2.44. The average Bonchev–Trinajstić information content (AvgIpc) is 2.82. The van der Waals surface area contributed by atoms with Crippen molar-refractivity contribution in [2.45, 2.75) is 74.3 Å². The van der Waals surface area contributed by atoms with Gasteiger partial charge in [0.15, 0.2) is 12.4 Å². The van der Waals surface area contributed by atoms with Crippen LogP contribution in [0.5, 0.6) is 11.5 Å². The Morgan fingerprint density at radius 1 is 0.886 bits per heavy atom. The first-order valence-corrected chi connectivity index (χ1v) is 10.7. The molecule has 11 atom stereocenters. The van der Waals surface area contributed by atoms with Gasteiger partial charge in [-0.15, -0.1) is 0 Å². The van der Waals surface area contributed by atoms with Gasteiger partial charge in [0.25, 0.3) is 0 Å². The second kappa shape index (κ2) is 10.9. The van der Waals surface area contributed by atoms with Gasteiger partial charge < -0.3 is 64.9 Å². The lowest BCUT2D eigenvalue weighted by Crippen LogP contribution is -2.67. The Hall–Kier alpha value is -2.11. The zero-order chi connectivity index (χ0) is 26.2. The van der Waals surface area contributed by atoms with E-state index in [1.807, 2.05) is 0 Å². The Morgan fingerprint density at radius 3 is 1.97 bits per heavy atom. The van der Waals surface area contributed by atoms with Crippen molar-refractivity contribution in [3.8, 4) is 11.5 Å². The summed E-state index contributed by atoms with van der Waals surface area (Å²) in [5, 5.41) is 90.3. The number of aryl methyl sites for hydroxylation is 1. The first kappa shape index (κ1) is 27.5. The minimum atomic E-state index is -1.95. The van der Waals surface area contributed by atoms with Gasteiger partial charge >= 0.3 is 5.97 Å².